The van der Waals surface area contributed by atoms with E-state index >= 15 is 0 Å². The van der Waals surface area contributed by atoms with Crippen LogP contribution < -0.4 is 4.90 Å². The summed E-state index contributed by atoms with van der Waals surface area (Å²) < 4.78 is 0. The van der Waals surface area contributed by atoms with Crippen LogP contribution in [0.1, 0.15) is 34.3 Å². The summed E-state index contributed by atoms with van der Waals surface area (Å²) in [5.74, 6) is -0.876. The van der Waals surface area contributed by atoms with Crippen LogP contribution in [0.25, 0.3) is 0 Å². The molecule has 2 rings (SSSR count). The van der Waals surface area contributed by atoms with E-state index in [2.05, 4.69) is 17.1 Å². The second-order valence-corrected chi connectivity index (χ2v) is 5.96. The number of aromatic nitrogens is 1. The molecular weight excluding hydrogens is 284 g/mol. The zero-order chi connectivity index (χ0) is 15.2. The van der Waals surface area contributed by atoms with Gasteiger partial charge in [-0.1, -0.05) is 55.0 Å². The lowest BCUT2D eigenvalue weighted by molar-refractivity contribution is 0.0700. The summed E-state index contributed by atoms with van der Waals surface area (Å²) in [6, 6.07) is 10.3. The fourth-order valence-corrected chi connectivity index (χ4v) is 3.05. The number of hydrogen-bond donors (Lipinski definition) is 1. The van der Waals surface area contributed by atoms with Gasteiger partial charge >= 0.3 is 5.97 Å². The highest BCUT2D eigenvalue weighted by Gasteiger charge is 2.18. The van der Waals surface area contributed by atoms with Gasteiger partial charge in [0, 0.05) is 13.6 Å². The van der Waals surface area contributed by atoms with Gasteiger partial charge in [-0.2, -0.15) is 0 Å². The zero-order valence-electron chi connectivity index (χ0n) is 12.4. The zero-order valence-corrected chi connectivity index (χ0v) is 13.2. The smallest absolute Gasteiger partial charge is 0.347 e. The molecule has 0 saturated heterocycles. The van der Waals surface area contributed by atoms with Crippen molar-refractivity contribution in [1.29, 1.82) is 0 Å². The van der Waals surface area contributed by atoms with Gasteiger partial charge in [0.1, 0.15) is 4.88 Å². The third kappa shape index (κ3) is 4.04. The maximum absolute atomic E-state index is 11.3. The van der Waals surface area contributed by atoms with Crippen molar-refractivity contribution in [2.75, 3.05) is 18.5 Å². The highest BCUT2D eigenvalue weighted by atomic mass is 32.1. The number of anilines is 1. The van der Waals surface area contributed by atoms with Gasteiger partial charge in [-0.15, -0.1) is 0 Å². The molecule has 2 aromatic rings. The topological polar surface area (TPSA) is 53.4 Å². The van der Waals surface area contributed by atoms with Crippen molar-refractivity contribution >= 4 is 22.4 Å². The second-order valence-electron chi connectivity index (χ2n) is 4.98. The molecule has 1 N–H and O–H groups in total. The van der Waals surface area contributed by atoms with Crippen molar-refractivity contribution in [3.63, 3.8) is 0 Å². The molecule has 0 spiro atoms. The van der Waals surface area contributed by atoms with Crippen molar-refractivity contribution in [2.45, 2.75) is 26.2 Å². The van der Waals surface area contributed by atoms with Crippen molar-refractivity contribution < 1.29 is 9.90 Å². The minimum Gasteiger partial charge on any atom is -0.477 e. The maximum atomic E-state index is 11.3. The molecule has 0 aliphatic heterocycles. The van der Waals surface area contributed by atoms with E-state index in [0.717, 1.165) is 24.5 Å². The summed E-state index contributed by atoms with van der Waals surface area (Å²) in [5, 5.41) is 10.0. The van der Waals surface area contributed by atoms with Crippen molar-refractivity contribution in [1.82, 2.24) is 4.98 Å². The SMILES string of the molecule is CCCc1nc(N(C)CCc2ccccc2)sc1C(=O)O. The van der Waals surface area contributed by atoms with Crippen LogP contribution in [0.5, 0.6) is 0 Å². The van der Waals surface area contributed by atoms with Crippen LogP contribution in [0.3, 0.4) is 0 Å². The lowest BCUT2D eigenvalue weighted by Gasteiger charge is -2.15. The molecule has 0 atom stereocenters. The Balaban J connectivity index is 2.06. The van der Waals surface area contributed by atoms with E-state index in [1.54, 1.807) is 0 Å². The Morgan fingerprint density at radius 1 is 1.29 bits per heavy atom. The predicted octanol–water partition coefficient (Wildman–Crippen LogP) is 3.47. The molecule has 112 valence electrons. The van der Waals surface area contributed by atoms with Crippen LogP contribution in [-0.2, 0) is 12.8 Å². The molecule has 1 aromatic carbocycles. The van der Waals surface area contributed by atoms with Crippen LogP contribution in [-0.4, -0.2) is 29.7 Å². The molecule has 0 fully saturated rings. The third-order valence-corrected chi connectivity index (χ3v) is 4.47. The predicted molar refractivity (Wildman–Crippen MR) is 86.5 cm³/mol. The normalized spacial score (nSPS) is 10.6. The molecule has 0 unspecified atom stereocenters. The third-order valence-electron chi connectivity index (χ3n) is 3.27. The minimum absolute atomic E-state index is 0.374. The Morgan fingerprint density at radius 3 is 2.62 bits per heavy atom. The van der Waals surface area contributed by atoms with Gasteiger partial charge in [-0.25, -0.2) is 9.78 Å². The van der Waals surface area contributed by atoms with Crippen LogP contribution in [0.15, 0.2) is 30.3 Å². The Hall–Kier alpha value is -1.88. The molecule has 4 nitrogen and oxygen atoms in total. The van der Waals surface area contributed by atoms with Gasteiger partial charge in [0.05, 0.1) is 5.69 Å². The molecule has 0 radical (unpaired) electrons. The Labute approximate surface area is 129 Å². The minimum atomic E-state index is -0.876. The quantitative estimate of drug-likeness (QED) is 0.851. The average Bonchev–Trinajstić information content (AvgIpc) is 2.90. The summed E-state index contributed by atoms with van der Waals surface area (Å²) in [7, 11) is 1.96. The number of hydrogen-bond acceptors (Lipinski definition) is 4. The molecular formula is C16H20N2O2S. The summed E-state index contributed by atoms with van der Waals surface area (Å²) in [6.07, 6.45) is 2.53. The Bertz CT molecular complexity index is 596. The first kappa shape index (κ1) is 15.5. The van der Waals surface area contributed by atoms with Crippen LogP contribution in [0.2, 0.25) is 0 Å². The lowest BCUT2D eigenvalue weighted by Crippen LogP contribution is -2.20. The van der Waals surface area contributed by atoms with Gasteiger partial charge < -0.3 is 10.0 Å². The highest BCUT2D eigenvalue weighted by Crippen LogP contribution is 2.26. The Kier molecular flexibility index (Phi) is 5.33. The number of aryl methyl sites for hydroxylation is 1. The molecule has 5 heteroatoms. The van der Waals surface area contributed by atoms with E-state index in [1.165, 1.54) is 16.9 Å². The van der Waals surface area contributed by atoms with E-state index in [1.807, 2.05) is 37.1 Å². The fourth-order valence-electron chi connectivity index (χ4n) is 2.11. The van der Waals surface area contributed by atoms with Gasteiger partial charge in [-0.05, 0) is 18.4 Å². The van der Waals surface area contributed by atoms with Crippen molar-refractivity contribution in [3.05, 3.63) is 46.5 Å². The first-order valence-electron chi connectivity index (χ1n) is 7.10. The second kappa shape index (κ2) is 7.22. The highest BCUT2D eigenvalue weighted by molar-refractivity contribution is 7.17. The summed E-state index contributed by atoms with van der Waals surface area (Å²) in [6.45, 7) is 2.85. The van der Waals surface area contributed by atoms with Gasteiger partial charge in [0.25, 0.3) is 0 Å². The number of rotatable bonds is 7. The van der Waals surface area contributed by atoms with E-state index in [0.29, 0.717) is 17.0 Å². The van der Waals surface area contributed by atoms with E-state index in [9.17, 15) is 9.90 Å². The number of thiazole rings is 1. The van der Waals surface area contributed by atoms with E-state index < -0.39 is 5.97 Å². The van der Waals surface area contributed by atoms with Crippen molar-refractivity contribution in [2.24, 2.45) is 0 Å². The average molecular weight is 304 g/mol. The van der Waals surface area contributed by atoms with Crippen LogP contribution >= 0.6 is 11.3 Å². The first-order valence-corrected chi connectivity index (χ1v) is 7.91. The van der Waals surface area contributed by atoms with E-state index in [4.69, 9.17) is 0 Å². The summed E-state index contributed by atoms with van der Waals surface area (Å²) >= 11 is 1.27. The van der Waals surface area contributed by atoms with Gasteiger partial charge in [0.2, 0.25) is 0 Å². The molecule has 0 saturated carbocycles. The molecule has 21 heavy (non-hydrogen) atoms. The molecule has 0 aliphatic rings. The van der Waals surface area contributed by atoms with Gasteiger partial charge in [0.15, 0.2) is 5.13 Å². The van der Waals surface area contributed by atoms with Crippen LogP contribution in [0, 0.1) is 0 Å². The monoisotopic (exact) mass is 304 g/mol. The van der Waals surface area contributed by atoms with Crippen molar-refractivity contribution in [3.8, 4) is 0 Å². The number of carboxylic acid groups (broad SMARTS) is 1. The van der Waals surface area contributed by atoms with Gasteiger partial charge in [-0.3, -0.25) is 0 Å². The van der Waals surface area contributed by atoms with E-state index in [-0.39, 0.29) is 0 Å². The molecule has 1 heterocycles. The lowest BCUT2D eigenvalue weighted by atomic mass is 10.1. The number of aromatic carboxylic acids is 1. The molecule has 0 bridgehead atoms. The van der Waals surface area contributed by atoms with Crippen LogP contribution in [0.4, 0.5) is 5.13 Å². The molecule has 1 aromatic heterocycles. The first-order chi connectivity index (χ1) is 10.1. The molecule has 0 amide bonds. The maximum Gasteiger partial charge on any atom is 0.347 e. The standard InChI is InChI=1S/C16H20N2O2S/c1-3-7-13-14(15(19)20)21-16(17-13)18(2)11-10-12-8-5-4-6-9-12/h4-6,8-9H,3,7,10-11H2,1-2H3,(H,19,20). The number of benzene rings is 1. The number of carboxylic acids is 1. The number of carbonyl (C=O) groups is 1. The largest absolute Gasteiger partial charge is 0.477 e. The summed E-state index contributed by atoms with van der Waals surface area (Å²) in [4.78, 5) is 18.2. The molecule has 0 aliphatic carbocycles. The number of likely N-dealkylation sites (N-methyl/N-ethyl adjacent to an activating group) is 1. The Morgan fingerprint density at radius 2 is 2.00 bits per heavy atom. The fraction of sp³-hybridized carbons (Fsp3) is 0.375. The number of nitrogens with zero attached hydrogens (tertiary/aromatic N) is 2. The summed E-state index contributed by atoms with van der Waals surface area (Å²) in [5.41, 5.74) is 1.98.